The van der Waals surface area contributed by atoms with E-state index in [9.17, 15) is 9.59 Å². The van der Waals surface area contributed by atoms with Gasteiger partial charge in [-0.15, -0.1) is 0 Å². The Bertz CT molecular complexity index is 1340. The van der Waals surface area contributed by atoms with Crippen LogP contribution in [-0.4, -0.2) is 37.6 Å². The third kappa shape index (κ3) is 6.07. The number of hydrogen-bond acceptors (Lipinski definition) is 6. The summed E-state index contributed by atoms with van der Waals surface area (Å²) < 4.78 is 10.7. The van der Waals surface area contributed by atoms with Gasteiger partial charge in [0, 0.05) is 36.5 Å². The Hall–Kier alpha value is -4.65. The summed E-state index contributed by atoms with van der Waals surface area (Å²) in [5, 5.41) is 5.79. The number of hydrogen-bond donors (Lipinski definition) is 2. The minimum Gasteiger partial charge on any atom is -0.493 e. The van der Waals surface area contributed by atoms with Crippen LogP contribution >= 0.6 is 0 Å². The molecular weight excluding hydrogens is 454 g/mol. The summed E-state index contributed by atoms with van der Waals surface area (Å²) >= 11 is 0. The van der Waals surface area contributed by atoms with Crippen molar-refractivity contribution in [2.24, 2.45) is 0 Å². The molecule has 0 saturated heterocycles. The van der Waals surface area contributed by atoms with Gasteiger partial charge in [-0.05, 0) is 53.6 Å². The van der Waals surface area contributed by atoms with Crippen molar-refractivity contribution < 1.29 is 19.1 Å². The van der Waals surface area contributed by atoms with Crippen molar-refractivity contribution in [3.05, 3.63) is 108 Å². The number of pyridine rings is 1. The lowest BCUT2D eigenvalue weighted by Crippen LogP contribution is -2.12. The van der Waals surface area contributed by atoms with E-state index in [1.165, 1.54) is 12.7 Å². The normalized spacial score (nSPS) is 10.4. The first kappa shape index (κ1) is 24.5. The summed E-state index contributed by atoms with van der Waals surface area (Å²) in [6.45, 7) is 0.574. The van der Waals surface area contributed by atoms with E-state index < -0.39 is 5.97 Å². The van der Waals surface area contributed by atoms with E-state index >= 15 is 0 Å². The number of esters is 1. The van der Waals surface area contributed by atoms with Crippen LogP contribution in [-0.2, 0) is 11.2 Å². The van der Waals surface area contributed by atoms with Crippen LogP contribution in [0.4, 0.5) is 11.5 Å². The Morgan fingerprint density at radius 1 is 0.889 bits per heavy atom. The van der Waals surface area contributed by atoms with Crippen LogP contribution in [0.3, 0.4) is 0 Å². The molecule has 0 radical (unpaired) electrons. The molecule has 1 heterocycles. The molecule has 0 fully saturated rings. The predicted octanol–water partition coefficient (Wildman–Crippen LogP) is 5.45. The zero-order valence-electron chi connectivity index (χ0n) is 20.2. The van der Waals surface area contributed by atoms with Crippen molar-refractivity contribution in [2.45, 2.75) is 6.42 Å². The number of rotatable bonds is 9. The predicted molar refractivity (Wildman–Crippen MR) is 141 cm³/mol. The van der Waals surface area contributed by atoms with Gasteiger partial charge in [0.05, 0.1) is 13.7 Å². The second kappa shape index (κ2) is 11.7. The van der Waals surface area contributed by atoms with Crippen LogP contribution in [0.2, 0.25) is 0 Å². The van der Waals surface area contributed by atoms with Gasteiger partial charge in [-0.3, -0.25) is 4.79 Å². The maximum Gasteiger partial charge on any atom is 0.341 e. The molecule has 2 N–H and O–H groups in total. The summed E-state index contributed by atoms with van der Waals surface area (Å²) in [5.74, 6) is 0.425. The van der Waals surface area contributed by atoms with Gasteiger partial charge in [-0.25, -0.2) is 9.78 Å². The number of amides is 1. The maximum absolute atomic E-state index is 12.9. The minimum atomic E-state index is -0.491. The van der Waals surface area contributed by atoms with E-state index in [1.807, 2.05) is 48.5 Å². The number of nitrogens with one attached hydrogen (secondary N) is 2. The molecule has 4 rings (SSSR count). The van der Waals surface area contributed by atoms with Gasteiger partial charge in [0.25, 0.3) is 5.91 Å². The maximum atomic E-state index is 12.9. The van der Waals surface area contributed by atoms with Gasteiger partial charge in [-0.1, -0.05) is 42.5 Å². The Kier molecular flexibility index (Phi) is 7.93. The molecule has 0 spiro atoms. The molecule has 4 aromatic rings. The van der Waals surface area contributed by atoms with Gasteiger partial charge in [0.15, 0.2) is 0 Å². The van der Waals surface area contributed by atoms with Gasteiger partial charge in [0.1, 0.15) is 17.1 Å². The van der Waals surface area contributed by atoms with Crippen LogP contribution < -0.4 is 15.4 Å². The van der Waals surface area contributed by atoms with E-state index in [0.29, 0.717) is 34.8 Å². The van der Waals surface area contributed by atoms with Crippen molar-refractivity contribution >= 4 is 23.4 Å². The highest BCUT2D eigenvalue weighted by Gasteiger charge is 2.15. The molecule has 0 unspecified atom stereocenters. The largest absolute Gasteiger partial charge is 0.493 e. The average Bonchev–Trinajstić information content (AvgIpc) is 2.94. The standard InChI is InChI=1S/C29H27N3O4/c1-30-27-26(29(34)35-2)18-23(19-31-27)21-9-6-10-22(17-21)28(33)32-24-11-13-25(14-12-24)36-16-15-20-7-4-3-5-8-20/h3-14,17-19H,15-16H2,1-2H3,(H,30,31)(H,32,33). The molecule has 0 bridgehead atoms. The van der Waals surface area contributed by atoms with Crippen molar-refractivity contribution in [2.75, 3.05) is 31.4 Å². The molecular formula is C29H27N3O4. The molecule has 1 aromatic heterocycles. The van der Waals surface area contributed by atoms with E-state index in [-0.39, 0.29) is 5.91 Å². The fourth-order valence-corrected chi connectivity index (χ4v) is 3.70. The molecule has 0 atom stereocenters. The number of aromatic nitrogens is 1. The zero-order chi connectivity index (χ0) is 25.3. The fraction of sp³-hybridized carbons (Fsp3) is 0.138. The quantitative estimate of drug-likeness (QED) is 0.309. The highest BCUT2D eigenvalue weighted by atomic mass is 16.5. The molecule has 7 heteroatoms. The third-order valence-electron chi connectivity index (χ3n) is 5.60. The monoisotopic (exact) mass is 481 g/mol. The van der Waals surface area contributed by atoms with E-state index in [4.69, 9.17) is 9.47 Å². The summed E-state index contributed by atoms with van der Waals surface area (Å²) in [6.07, 6.45) is 2.47. The lowest BCUT2D eigenvalue weighted by atomic mass is 10.0. The summed E-state index contributed by atoms with van der Waals surface area (Å²) in [4.78, 5) is 29.3. The van der Waals surface area contributed by atoms with Crippen molar-refractivity contribution in [3.63, 3.8) is 0 Å². The molecule has 0 saturated carbocycles. The number of nitrogens with zero attached hydrogens (tertiary/aromatic N) is 1. The summed E-state index contributed by atoms with van der Waals surface area (Å²) in [7, 11) is 3.01. The second-order valence-electron chi connectivity index (χ2n) is 8.01. The molecule has 3 aromatic carbocycles. The van der Waals surface area contributed by atoms with Gasteiger partial charge in [-0.2, -0.15) is 0 Å². The lowest BCUT2D eigenvalue weighted by Gasteiger charge is -2.11. The van der Waals surface area contributed by atoms with Crippen LogP contribution in [0.1, 0.15) is 26.3 Å². The number of ether oxygens (including phenoxy) is 2. The minimum absolute atomic E-state index is 0.248. The molecule has 182 valence electrons. The zero-order valence-corrected chi connectivity index (χ0v) is 20.2. The van der Waals surface area contributed by atoms with Crippen molar-refractivity contribution in [1.29, 1.82) is 0 Å². The first-order valence-electron chi connectivity index (χ1n) is 11.5. The van der Waals surface area contributed by atoms with E-state index in [2.05, 4.69) is 27.8 Å². The van der Waals surface area contributed by atoms with Gasteiger partial charge >= 0.3 is 5.97 Å². The topological polar surface area (TPSA) is 89.5 Å². The smallest absolute Gasteiger partial charge is 0.341 e. The summed E-state index contributed by atoms with van der Waals surface area (Å²) in [6, 6.07) is 26.3. The van der Waals surface area contributed by atoms with Gasteiger partial charge < -0.3 is 20.1 Å². The first-order valence-corrected chi connectivity index (χ1v) is 11.5. The number of anilines is 2. The number of carbonyl (C=O) groups excluding carboxylic acids is 2. The second-order valence-corrected chi connectivity index (χ2v) is 8.01. The average molecular weight is 482 g/mol. The van der Waals surface area contributed by atoms with E-state index in [0.717, 1.165) is 17.7 Å². The van der Waals surface area contributed by atoms with Crippen molar-refractivity contribution in [3.8, 4) is 16.9 Å². The SMILES string of the molecule is CNc1ncc(-c2cccc(C(=O)Nc3ccc(OCCc4ccccc4)cc3)c2)cc1C(=O)OC. The van der Waals surface area contributed by atoms with Crippen LogP contribution in [0, 0.1) is 0 Å². The van der Waals surface area contributed by atoms with Crippen molar-refractivity contribution in [1.82, 2.24) is 4.98 Å². The number of carbonyl (C=O) groups is 2. The Labute approximate surface area is 210 Å². The molecule has 0 aliphatic heterocycles. The first-order chi connectivity index (χ1) is 17.6. The molecule has 0 aliphatic rings. The number of benzene rings is 3. The Balaban J connectivity index is 1.41. The number of methoxy groups -OCH3 is 1. The molecule has 1 amide bonds. The van der Waals surface area contributed by atoms with Crippen LogP contribution in [0.5, 0.6) is 5.75 Å². The Morgan fingerprint density at radius 3 is 2.39 bits per heavy atom. The van der Waals surface area contributed by atoms with Gasteiger partial charge in [0.2, 0.25) is 0 Å². The van der Waals surface area contributed by atoms with Crippen LogP contribution in [0.25, 0.3) is 11.1 Å². The molecule has 7 nitrogen and oxygen atoms in total. The summed E-state index contributed by atoms with van der Waals surface area (Å²) in [5.41, 5.74) is 4.13. The highest BCUT2D eigenvalue weighted by molar-refractivity contribution is 6.05. The van der Waals surface area contributed by atoms with Crippen LogP contribution in [0.15, 0.2) is 91.1 Å². The fourth-order valence-electron chi connectivity index (χ4n) is 3.70. The third-order valence-corrected chi connectivity index (χ3v) is 5.60. The molecule has 36 heavy (non-hydrogen) atoms. The molecule has 0 aliphatic carbocycles. The lowest BCUT2D eigenvalue weighted by molar-refractivity contribution is 0.0601. The Morgan fingerprint density at radius 2 is 1.67 bits per heavy atom. The highest BCUT2D eigenvalue weighted by Crippen LogP contribution is 2.25. The van der Waals surface area contributed by atoms with E-state index in [1.54, 1.807) is 37.5 Å².